The topological polar surface area (TPSA) is 41.1 Å². The normalized spacial score (nSPS) is 27.7. The second kappa shape index (κ2) is 3.03. The molecule has 0 aliphatic carbocycles. The average molecular weight is 149 g/mol. The van der Waals surface area contributed by atoms with Crippen LogP contribution < -0.4 is 10.6 Å². The number of nitrogens with one attached hydrogen (secondary N) is 2. The average Bonchev–Trinajstić information content (AvgIpc) is 1.88. The zero-order valence-corrected chi connectivity index (χ0v) is 5.74. The number of alkyl halides is 1. The predicted octanol–water partition coefficient (Wildman–Crippen LogP) is -0.339. The molecule has 1 fully saturated rings. The highest BCUT2D eigenvalue weighted by Crippen LogP contribution is 1.91. The molecule has 1 atom stereocenters. The molecule has 1 unspecified atom stereocenters. The summed E-state index contributed by atoms with van der Waals surface area (Å²) in [5.74, 6) is 0.519. The Kier molecular flexibility index (Phi) is 2.30. The van der Waals surface area contributed by atoms with Crippen LogP contribution in [0.5, 0.6) is 0 Å². The summed E-state index contributed by atoms with van der Waals surface area (Å²) in [6.07, 6.45) is 0.542. The number of halogens is 1. The molecular formula is C5H9ClN2O. The Morgan fingerprint density at radius 2 is 2.56 bits per heavy atom. The molecule has 0 saturated carbocycles. The Bertz CT molecular complexity index is 118. The molecule has 0 bridgehead atoms. The van der Waals surface area contributed by atoms with Crippen molar-refractivity contribution < 1.29 is 4.79 Å². The molecule has 1 amide bonds. The van der Waals surface area contributed by atoms with Gasteiger partial charge in [-0.2, -0.15) is 0 Å². The van der Waals surface area contributed by atoms with Gasteiger partial charge in [-0.15, -0.1) is 11.6 Å². The van der Waals surface area contributed by atoms with Crippen LogP contribution in [0.1, 0.15) is 6.42 Å². The lowest BCUT2D eigenvalue weighted by Crippen LogP contribution is -2.52. The molecule has 9 heavy (non-hydrogen) atoms. The lowest BCUT2D eigenvalue weighted by Gasteiger charge is -2.22. The zero-order chi connectivity index (χ0) is 6.69. The van der Waals surface area contributed by atoms with Crippen LogP contribution in [0.3, 0.4) is 0 Å². The molecule has 0 aromatic heterocycles. The van der Waals surface area contributed by atoms with Gasteiger partial charge in [0.05, 0.1) is 12.0 Å². The Hall–Kier alpha value is -0.280. The fourth-order valence-corrected chi connectivity index (χ4v) is 0.957. The zero-order valence-electron chi connectivity index (χ0n) is 4.98. The van der Waals surface area contributed by atoms with E-state index in [0.717, 1.165) is 6.54 Å². The molecule has 4 heteroatoms. The van der Waals surface area contributed by atoms with E-state index in [1.54, 1.807) is 0 Å². The number of hydrogen-bond donors (Lipinski definition) is 2. The highest BCUT2D eigenvalue weighted by atomic mass is 35.5. The minimum atomic E-state index is -0.0204. The van der Waals surface area contributed by atoms with Crippen LogP contribution in [0.25, 0.3) is 0 Å². The second-order valence-electron chi connectivity index (χ2n) is 1.98. The Labute approximate surface area is 58.8 Å². The first kappa shape index (κ1) is 6.83. The van der Waals surface area contributed by atoms with Gasteiger partial charge in [0, 0.05) is 13.0 Å². The van der Waals surface area contributed by atoms with Gasteiger partial charge in [-0.25, -0.2) is 0 Å². The van der Waals surface area contributed by atoms with E-state index >= 15 is 0 Å². The second-order valence-corrected chi connectivity index (χ2v) is 2.29. The molecule has 1 heterocycles. The van der Waals surface area contributed by atoms with Crippen LogP contribution in [0.2, 0.25) is 0 Å². The third kappa shape index (κ3) is 1.84. The van der Waals surface area contributed by atoms with E-state index in [1.165, 1.54) is 0 Å². The quantitative estimate of drug-likeness (QED) is 0.500. The molecule has 1 aliphatic heterocycles. The monoisotopic (exact) mass is 148 g/mol. The molecule has 52 valence electrons. The Morgan fingerprint density at radius 3 is 3.00 bits per heavy atom. The van der Waals surface area contributed by atoms with Crippen LogP contribution in [-0.2, 0) is 4.79 Å². The van der Waals surface area contributed by atoms with E-state index in [9.17, 15) is 4.79 Å². The molecule has 1 aliphatic rings. The van der Waals surface area contributed by atoms with Crippen LogP contribution >= 0.6 is 11.6 Å². The van der Waals surface area contributed by atoms with Gasteiger partial charge in [-0.3, -0.25) is 10.1 Å². The minimum Gasteiger partial charge on any atom is -0.340 e. The highest BCUT2D eigenvalue weighted by molar-refractivity contribution is 6.18. The summed E-state index contributed by atoms with van der Waals surface area (Å²) < 4.78 is 0. The molecule has 0 radical (unpaired) electrons. The van der Waals surface area contributed by atoms with Crippen molar-refractivity contribution in [3.05, 3.63) is 0 Å². The molecule has 0 aromatic rings. The smallest absolute Gasteiger partial charge is 0.222 e. The number of hydrogen-bond acceptors (Lipinski definition) is 2. The van der Waals surface area contributed by atoms with Crippen molar-refractivity contribution >= 4 is 17.5 Å². The van der Waals surface area contributed by atoms with E-state index in [1.807, 2.05) is 0 Å². The maximum absolute atomic E-state index is 10.6. The van der Waals surface area contributed by atoms with Crippen LogP contribution in [0.15, 0.2) is 0 Å². The fraction of sp³-hybridized carbons (Fsp3) is 0.800. The molecule has 2 N–H and O–H groups in total. The van der Waals surface area contributed by atoms with Gasteiger partial charge in [-0.1, -0.05) is 0 Å². The van der Waals surface area contributed by atoms with Crippen LogP contribution in [0, 0.1) is 0 Å². The van der Waals surface area contributed by atoms with Crippen LogP contribution in [-0.4, -0.2) is 24.5 Å². The fourth-order valence-electron chi connectivity index (χ4n) is 0.771. The first-order valence-corrected chi connectivity index (χ1v) is 3.45. The SMILES string of the molecule is O=C1CCNC(CCl)N1. The van der Waals surface area contributed by atoms with Gasteiger partial charge in [0.2, 0.25) is 5.91 Å². The van der Waals surface area contributed by atoms with Crippen molar-refractivity contribution in [3.8, 4) is 0 Å². The summed E-state index contributed by atoms with van der Waals surface area (Å²) in [6.45, 7) is 0.739. The third-order valence-electron chi connectivity index (χ3n) is 1.23. The molecular weight excluding hydrogens is 140 g/mol. The molecule has 3 nitrogen and oxygen atoms in total. The van der Waals surface area contributed by atoms with Crippen molar-refractivity contribution in [1.82, 2.24) is 10.6 Å². The first-order chi connectivity index (χ1) is 4.33. The Balaban J connectivity index is 2.32. The summed E-state index contributed by atoms with van der Waals surface area (Å²) in [7, 11) is 0. The van der Waals surface area contributed by atoms with Gasteiger partial charge in [0.25, 0.3) is 0 Å². The molecule has 0 aromatic carbocycles. The van der Waals surface area contributed by atoms with Crippen molar-refractivity contribution in [1.29, 1.82) is 0 Å². The van der Waals surface area contributed by atoms with Gasteiger partial charge < -0.3 is 5.32 Å². The summed E-state index contributed by atoms with van der Waals surface area (Å²) in [5, 5.41) is 5.72. The van der Waals surface area contributed by atoms with Gasteiger partial charge in [-0.05, 0) is 0 Å². The largest absolute Gasteiger partial charge is 0.340 e. The molecule has 0 spiro atoms. The van der Waals surface area contributed by atoms with E-state index in [0.29, 0.717) is 12.3 Å². The third-order valence-corrected chi connectivity index (χ3v) is 1.54. The Morgan fingerprint density at radius 1 is 1.78 bits per heavy atom. The summed E-state index contributed by atoms with van der Waals surface area (Å²) in [5.41, 5.74) is 0. The van der Waals surface area contributed by atoms with Gasteiger partial charge in [0.15, 0.2) is 0 Å². The number of rotatable bonds is 1. The number of carbonyl (C=O) groups is 1. The number of amides is 1. The maximum atomic E-state index is 10.6. The summed E-state index contributed by atoms with van der Waals surface area (Å²) in [6, 6.07) is 0. The summed E-state index contributed by atoms with van der Waals surface area (Å²) in [4.78, 5) is 10.6. The van der Waals surface area contributed by atoms with Crippen molar-refractivity contribution in [2.75, 3.05) is 12.4 Å². The van der Waals surface area contributed by atoms with E-state index < -0.39 is 0 Å². The standard InChI is InChI=1S/C5H9ClN2O/c6-3-4-7-2-1-5(9)8-4/h4,7H,1-3H2,(H,8,9). The first-order valence-electron chi connectivity index (χ1n) is 2.91. The lowest BCUT2D eigenvalue weighted by molar-refractivity contribution is -0.123. The van der Waals surface area contributed by atoms with Gasteiger partial charge >= 0.3 is 0 Å². The van der Waals surface area contributed by atoms with Crippen molar-refractivity contribution in [2.45, 2.75) is 12.6 Å². The minimum absolute atomic E-state index is 0.0204. The highest BCUT2D eigenvalue weighted by Gasteiger charge is 2.14. The number of carbonyl (C=O) groups excluding carboxylic acids is 1. The molecule has 1 saturated heterocycles. The lowest BCUT2D eigenvalue weighted by atomic mass is 10.3. The van der Waals surface area contributed by atoms with E-state index in [-0.39, 0.29) is 12.1 Å². The van der Waals surface area contributed by atoms with Crippen LogP contribution in [0.4, 0.5) is 0 Å². The summed E-state index contributed by atoms with van der Waals surface area (Å²) >= 11 is 5.47. The van der Waals surface area contributed by atoms with Gasteiger partial charge in [0.1, 0.15) is 0 Å². The maximum Gasteiger partial charge on any atom is 0.222 e. The predicted molar refractivity (Wildman–Crippen MR) is 35.3 cm³/mol. The van der Waals surface area contributed by atoms with E-state index in [2.05, 4.69) is 10.6 Å². The van der Waals surface area contributed by atoms with Crippen molar-refractivity contribution in [3.63, 3.8) is 0 Å². The molecule has 1 rings (SSSR count). The van der Waals surface area contributed by atoms with E-state index in [4.69, 9.17) is 11.6 Å². The van der Waals surface area contributed by atoms with Crippen molar-refractivity contribution in [2.24, 2.45) is 0 Å².